The minimum Gasteiger partial charge on any atom is -0.390 e. The number of fused-ring (bicyclic) bond motifs is 3. The van der Waals surface area contributed by atoms with Gasteiger partial charge in [0.05, 0.1) is 5.60 Å². The van der Waals surface area contributed by atoms with Crippen LogP contribution >= 0.6 is 0 Å². The predicted molar refractivity (Wildman–Crippen MR) is 39.6 cm³/mol. The third-order valence-corrected chi connectivity index (χ3v) is 3.41. The van der Waals surface area contributed by atoms with E-state index in [1.54, 1.807) is 0 Å². The fourth-order valence-corrected chi connectivity index (χ4v) is 2.31. The van der Waals surface area contributed by atoms with Crippen LogP contribution in [0.3, 0.4) is 0 Å². The quantitative estimate of drug-likeness (QED) is 0.565. The summed E-state index contributed by atoms with van der Waals surface area (Å²) in [5, 5.41) is 9.78. The monoisotopic (exact) mass is 159 g/mol. The van der Waals surface area contributed by atoms with E-state index < -0.39 is 5.60 Å². The van der Waals surface area contributed by atoms with Crippen molar-refractivity contribution in [3.63, 3.8) is 0 Å². The first-order valence-electron chi connectivity index (χ1n) is 4.28. The first kappa shape index (κ1) is 7.50. The Hall–Kier alpha value is -0.150. The van der Waals surface area contributed by atoms with Gasteiger partial charge in [0.2, 0.25) is 0 Å². The molecular weight excluding hydrogens is 145 g/mol. The van der Waals surface area contributed by atoms with Crippen molar-refractivity contribution in [2.24, 2.45) is 0 Å². The zero-order valence-electron chi connectivity index (χ0n) is 6.57. The van der Waals surface area contributed by atoms with Crippen LogP contribution < -0.4 is 5.54 Å². The molecule has 3 rings (SSSR count). The lowest BCUT2D eigenvalue weighted by Gasteiger charge is -2.49. The molecule has 0 aromatic carbocycles. The van der Waals surface area contributed by atoms with Crippen molar-refractivity contribution in [2.75, 3.05) is 0 Å². The molecule has 0 radical (unpaired) electrons. The second-order valence-electron chi connectivity index (χ2n) is 4.10. The maximum Gasteiger partial charge on any atom is 0.0650 e. The predicted octanol–water partition coefficient (Wildman–Crippen LogP) is 1.30. The van der Waals surface area contributed by atoms with Gasteiger partial charge in [-0.1, -0.05) is 0 Å². The third kappa shape index (κ3) is 1.07. The summed E-state index contributed by atoms with van der Waals surface area (Å²) in [6.07, 6.45) is 4.68. The van der Waals surface area contributed by atoms with Crippen molar-refractivity contribution in [3.05, 3.63) is 0 Å². The third-order valence-electron chi connectivity index (χ3n) is 3.41. The van der Waals surface area contributed by atoms with E-state index in [2.05, 4.69) is 0 Å². The molecule has 0 amide bonds. The SMILES string of the molecule is OC12CCC(NF)(CC1)CC2. The molecule has 11 heavy (non-hydrogen) atoms. The van der Waals surface area contributed by atoms with Gasteiger partial charge in [0.1, 0.15) is 0 Å². The molecule has 64 valence electrons. The van der Waals surface area contributed by atoms with Crippen LogP contribution in [0.15, 0.2) is 0 Å². The standard InChI is InChI=1S/C8H14FNO/c9-10-7-1-4-8(11,5-2-7)6-3-7/h10-11H,1-6H2. The molecular formula is C8H14FNO. The number of halogens is 1. The van der Waals surface area contributed by atoms with Gasteiger partial charge in [-0.2, -0.15) is 5.54 Å². The Balaban J connectivity index is 2.12. The van der Waals surface area contributed by atoms with Crippen molar-refractivity contribution in [1.29, 1.82) is 0 Å². The molecule has 0 aromatic rings. The molecule has 2 N–H and O–H groups in total. The first-order chi connectivity index (χ1) is 5.18. The zero-order valence-corrected chi connectivity index (χ0v) is 6.57. The van der Waals surface area contributed by atoms with Gasteiger partial charge >= 0.3 is 0 Å². The first-order valence-corrected chi connectivity index (χ1v) is 4.28. The molecule has 3 heteroatoms. The topological polar surface area (TPSA) is 32.3 Å². The second kappa shape index (κ2) is 2.17. The van der Waals surface area contributed by atoms with Crippen molar-refractivity contribution in [3.8, 4) is 0 Å². The van der Waals surface area contributed by atoms with E-state index in [1.807, 2.05) is 5.54 Å². The van der Waals surface area contributed by atoms with E-state index in [1.165, 1.54) is 0 Å². The summed E-state index contributed by atoms with van der Waals surface area (Å²) in [6.45, 7) is 0. The number of aliphatic hydroxyl groups is 1. The van der Waals surface area contributed by atoms with Crippen LogP contribution in [0.1, 0.15) is 38.5 Å². The zero-order chi connectivity index (χ0) is 7.95. The molecule has 3 fully saturated rings. The molecule has 0 atom stereocenters. The van der Waals surface area contributed by atoms with Crippen LogP contribution in [0.25, 0.3) is 0 Å². The van der Waals surface area contributed by atoms with Gasteiger partial charge in [0, 0.05) is 5.54 Å². The van der Waals surface area contributed by atoms with Crippen LogP contribution in [0.5, 0.6) is 0 Å². The Labute approximate surface area is 65.7 Å². The van der Waals surface area contributed by atoms with E-state index in [0.29, 0.717) is 0 Å². The average Bonchev–Trinajstić information content (AvgIpc) is 2.07. The van der Waals surface area contributed by atoms with Gasteiger partial charge in [-0.3, -0.25) is 0 Å². The molecule has 0 spiro atoms. The van der Waals surface area contributed by atoms with E-state index in [9.17, 15) is 9.59 Å². The fourth-order valence-electron chi connectivity index (χ4n) is 2.31. The smallest absolute Gasteiger partial charge is 0.0650 e. The highest BCUT2D eigenvalue weighted by molar-refractivity contribution is 5.03. The Kier molecular flexibility index (Phi) is 1.48. The number of nitrogens with one attached hydrogen (secondary N) is 1. The van der Waals surface area contributed by atoms with E-state index in [-0.39, 0.29) is 5.54 Å². The lowest BCUT2D eigenvalue weighted by molar-refractivity contribution is -0.0872. The van der Waals surface area contributed by atoms with E-state index >= 15 is 0 Å². The number of hydrogen-bond acceptors (Lipinski definition) is 2. The van der Waals surface area contributed by atoms with Crippen LogP contribution in [-0.4, -0.2) is 16.2 Å². The van der Waals surface area contributed by atoms with Crippen LogP contribution in [0.2, 0.25) is 0 Å². The maximum atomic E-state index is 12.4. The summed E-state index contributed by atoms with van der Waals surface area (Å²) >= 11 is 0. The van der Waals surface area contributed by atoms with Gasteiger partial charge in [0.25, 0.3) is 0 Å². The fraction of sp³-hybridized carbons (Fsp3) is 1.00. The number of hydrogen-bond donors (Lipinski definition) is 2. The maximum absolute atomic E-state index is 12.4. The Bertz CT molecular complexity index is 147. The van der Waals surface area contributed by atoms with Gasteiger partial charge < -0.3 is 5.11 Å². The molecule has 3 aliphatic rings. The molecule has 0 aromatic heterocycles. The Morgan fingerprint density at radius 3 is 1.82 bits per heavy atom. The largest absolute Gasteiger partial charge is 0.390 e. The highest BCUT2D eigenvalue weighted by Crippen LogP contribution is 2.46. The van der Waals surface area contributed by atoms with E-state index in [0.717, 1.165) is 38.5 Å². The molecule has 2 bridgehead atoms. The highest BCUT2D eigenvalue weighted by atomic mass is 19.2. The van der Waals surface area contributed by atoms with Crippen molar-refractivity contribution >= 4 is 0 Å². The van der Waals surface area contributed by atoms with Crippen molar-refractivity contribution < 1.29 is 9.59 Å². The molecule has 0 unspecified atom stereocenters. The molecule has 2 nitrogen and oxygen atoms in total. The van der Waals surface area contributed by atoms with Crippen LogP contribution in [0, 0.1) is 0 Å². The van der Waals surface area contributed by atoms with E-state index in [4.69, 9.17) is 0 Å². The summed E-state index contributed by atoms with van der Waals surface area (Å²) in [4.78, 5) is 0. The summed E-state index contributed by atoms with van der Waals surface area (Å²) in [5.74, 6) is 0. The summed E-state index contributed by atoms with van der Waals surface area (Å²) in [5.41, 5.74) is 1.19. The summed E-state index contributed by atoms with van der Waals surface area (Å²) in [6, 6.07) is 0. The average molecular weight is 159 g/mol. The van der Waals surface area contributed by atoms with Gasteiger partial charge in [-0.25, -0.2) is 0 Å². The summed E-state index contributed by atoms with van der Waals surface area (Å²) < 4.78 is 12.4. The van der Waals surface area contributed by atoms with Gasteiger partial charge in [0.15, 0.2) is 0 Å². The Morgan fingerprint density at radius 2 is 1.45 bits per heavy atom. The number of rotatable bonds is 1. The summed E-state index contributed by atoms with van der Waals surface area (Å²) in [7, 11) is 0. The molecule has 0 aliphatic heterocycles. The molecule has 3 saturated carbocycles. The van der Waals surface area contributed by atoms with Crippen molar-refractivity contribution in [1.82, 2.24) is 5.54 Å². The van der Waals surface area contributed by atoms with Crippen LogP contribution in [-0.2, 0) is 0 Å². The van der Waals surface area contributed by atoms with Crippen molar-refractivity contribution in [2.45, 2.75) is 49.7 Å². The lowest BCUT2D eigenvalue weighted by Crippen LogP contribution is -2.55. The lowest BCUT2D eigenvalue weighted by atomic mass is 9.64. The molecule has 0 saturated heterocycles. The highest BCUT2D eigenvalue weighted by Gasteiger charge is 2.47. The minimum atomic E-state index is -0.446. The van der Waals surface area contributed by atoms with Crippen LogP contribution in [0.4, 0.5) is 4.48 Å². The second-order valence-corrected chi connectivity index (χ2v) is 4.10. The molecule has 0 heterocycles. The van der Waals surface area contributed by atoms with Gasteiger partial charge in [-0.05, 0) is 38.5 Å². The minimum absolute atomic E-state index is 0.273. The Morgan fingerprint density at radius 1 is 1.00 bits per heavy atom. The van der Waals surface area contributed by atoms with Gasteiger partial charge in [-0.15, -0.1) is 4.48 Å². The molecule has 3 aliphatic carbocycles. The normalized spacial score (nSPS) is 49.6.